The van der Waals surface area contributed by atoms with Crippen LogP contribution >= 0.6 is 0 Å². The van der Waals surface area contributed by atoms with Crippen molar-refractivity contribution in [1.29, 1.82) is 0 Å². The number of nitrogens with zero attached hydrogens (tertiary/aromatic N) is 1. The molecule has 1 saturated carbocycles. The second kappa shape index (κ2) is 6.55. The van der Waals surface area contributed by atoms with Gasteiger partial charge in [-0.3, -0.25) is 0 Å². The van der Waals surface area contributed by atoms with Gasteiger partial charge in [-0.2, -0.15) is 4.31 Å². The van der Waals surface area contributed by atoms with Crippen molar-refractivity contribution in [3.8, 4) is 0 Å². The van der Waals surface area contributed by atoms with E-state index in [1.807, 2.05) is 6.92 Å². The maximum atomic E-state index is 12.6. The van der Waals surface area contributed by atoms with E-state index in [9.17, 15) is 8.42 Å². The molecule has 4 nitrogen and oxygen atoms in total. The van der Waals surface area contributed by atoms with Crippen LogP contribution in [0.25, 0.3) is 0 Å². The van der Waals surface area contributed by atoms with Crippen molar-refractivity contribution in [1.82, 2.24) is 4.31 Å². The quantitative estimate of drug-likeness (QED) is 0.861. The van der Waals surface area contributed by atoms with Crippen molar-refractivity contribution in [3.63, 3.8) is 0 Å². The minimum Gasteiger partial charge on any atom is -0.326 e. The zero-order valence-electron chi connectivity index (χ0n) is 12.1. The lowest BCUT2D eigenvalue weighted by Gasteiger charge is -2.38. The SMILES string of the molecule is CC(N)C1CCCCN1S(=O)(=O)CC1CCCCC1. The van der Waals surface area contributed by atoms with Crippen LogP contribution in [0.1, 0.15) is 58.3 Å². The topological polar surface area (TPSA) is 63.4 Å². The molecule has 2 unspecified atom stereocenters. The van der Waals surface area contributed by atoms with E-state index >= 15 is 0 Å². The summed E-state index contributed by atoms with van der Waals surface area (Å²) in [4.78, 5) is 0. The molecule has 0 aromatic rings. The molecule has 0 spiro atoms. The molecule has 2 fully saturated rings. The highest BCUT2D eigenvalue weighted by atomic mass is 32.2. The summed E-state index contributed by atoms with van der Waals surface area (Å²) in [5.74, 6) is 0.713. The third-order valence-corrected chi connectivity index (χ3v) is 6.69. The van der Waals surface area contributed by atoms with Gasteiger partial charge >= 0.3 is 0 Å². The lowest BCUT2D eigenvalue weighted by molar-refractivity contribution is 0.225. The highest BCUT2D eigenvalue weighted by Crippen LogP contribution is 2.28. The highest BCUT2D eigenvalue weighted by Gasteiger charge is 2.35. The molecule has 112 valence electrons. The Bertz CT molecular complexity index is 375. The zero-order valence-corrected chi connectivity index (χ0v) is 12.9. The van der Waals surface area contributed by atoms with Crippen molar-refractivity contribution in [2.45, 2.75) is 70.4 Å². The van der Waals surface area contributed by atoms with Crippen LogP contribution < -0.4 is 5.73 Å². The number of rotatable bonds is 4. The molecule has 2 rings (SSSR count). The monoisotopic (exact) mass is 288 g/mol. The van der Waals surface area contributed by atoms with Crippen LogP contribution in [-0.2, 0) is 10.0 Å². The number of piperidine rings is 1. The number of sulfonamides is 1. The summed E-state index contributed by atoms with van der Waals surface area (Å²) >= 11 is 0. The fourth-order valence-corrected chi connectivity index (χ4v) is 5.79. The Kier molecular flexibility index (Phi) is 5.26. The fourth-order valence-electron chi connectivity index (χ4n) is 3.55. The molecule has 0 aromatic carbocycles. The Hall–Kier alpha value is -0.130. The van der Waals surface area contributed by atoms with Gasteiger partial charge in [0.1, 0.15) is 0 Å². The first-order chi connectivity index (χ1) is 9.00. The first-order valence-corrected chi connectivity index (χ1v) is 9.37. The molecule has 0 aromatic heterocycles. The van der Waals surface area contributed by atoms with E-state index < -0.39 is 10.0 Å². The fraction of sp³-hybridized carbons (Fsp3) is 1.00. The molecule has 0 bridgehead atoms. The smallest absolute Gasteiger partial charge is 0.214 e. The van der Waals surface area contributed by atoms with E-state index in [1.54, 1.807) is 4.31 Å². The molecule has 1 aliphatic carbocycles. The van der Waals surface area contributed by atoms with Crippen molar-refractivity contribution >= 4 is 10.0 Å². The van der Waals surface area contributed by atoms with Gasteiger partial charge < -0.3 is 5.73 Å². The average molecular weight is 288 g/mol. The molecular formula is C14H28N2O2S. The van der Waals surface area contributed by atoms with Gasteiger partial charge in [0, 0.05) is 18.6 Å². The third-order valence-electron chi connectivity index (χ3n) is 4.63. The van der Waals surface area contributed by atoms with Gasteiger partial charge in [0.15, 0.2) is 0 Å². The molecule has 1 heterocycles. The largest absolute Gasteiger partial charge is 0.326 e. The van der Waals surface area contributed by atoms with Gasteiger partial charge in [0.05, 0.1) is 5.75 Å². The normalized spacial score (nSPS) is 29.3. The van der Waals surface area contributed by atoms with Crippen LogP contribution in [0.2, 0.25) is 0 Å². The Labute approximate surface area is 117 Å². The Morgan fingerprint density at radius 1 is 1.11 bits per heavy atom. The van der Waals surface area contributed by atoms with E-state index in [2.05, 4.69) is 0 Å². The molecule has 2 N–H and O–H groups in total. The van der Waals surface area contributed by atoms with Crippen LogP contribution in [0.5, 0.6) is 0 Å². The van der Waals surface area contributed by atoms with Crippen molar-refractivity contribution in [2.75, 3.05) is 12.3 Å². The maximum Gasteiger partial charge on any atom is 0.214 e. The molecule has 19 heavy (non-hydrogen) atoms. The summed E-state index contributed by atoms with van der Waals surface area (Å²) in [6.45, 7) is 2.60. The summed E-state index contributed by atoms with van der Waals surface area (Å²) in [5.41, 5.74) is 5.98. The lowest BCUT2D eigenvalue weighted by atomic mass is 9.91. The average Bonchev–Trinajstić information content (AvgIpc) is 2.39. The van der Waals surface area contributed by atoms with Crippen molar-refractivity contribution in [3.05, 3.63) is 0 Å². The summed E-state index contributed by atoms with van der Waals surface area (Å²) in [7, 11) is -3.12. The predicted octanol–water partition coefficient (Wildman–Crippen LogP) is 2.10. The predicted molar refractivity (Wildman–Crippen MR) is 78.4 cm³/mol. The summed E-state index contributed by atoms with van der Waals surface area (Å²) in [6.07, 6.45) is 8.80. The molecule has 2 aliphatic rings. The highest BCUT2D eigenvalue weighted by molar-refractivity contribution is 7.89. The van der Waals surface area contributed by atoms with Gasteiger partial charge in [-0.15, -0.1) is 0 Å². The van der Waals surface area contributed by atoms with Crippen LogP contribution in [-0.4, -0.2) is 37.1 Å². The zero-order chi connectivity index (χ0) is 13.9. The molecule has 1 aliphatic heterocycles. The van der Waals surface area contributed by atoms with Crippen molar-refractivity contribution < 1.29 is 8.42 Å². The molecular weight excluding hydrogens is 260 g/mol. The number of hydrogen-bond donors (Lipinski definition) is 1. The van der Waals surface area contributed by atoms with E-state index in [4.69, 9.17) is 5.73 Å². The van der Waals surface area contributed by atoms with E-state index in [-0.39, 0.29) is 12.1 Å². The summed E-state index contributed by atoms with van der Waals surface area (Å²) in [5, 5.41) is 0. The van der Waals surface area contributed by atoms with Gasteiger partial charge in [-0.05, 0) is 38.5 Å². The molecule has 2 atom stereocenters. The second-order valence-electron chi connectivity index (χ2n) is 6.32. The minimum atomic E-state index is -3.12. The number of hydrogen-bond acceptors (Lipinski definition) is 3. The second-order valence-corrected chi connectivity index (χ2v) is 8.28. The molecule has 1 saturated heterocycles. The van der Waals surface area contributed by atoms with E-state index in [0.29, 0.717) is 18.2 Å². The van der Waals surface area contributed by atoms with Gasteiger partial charge in [-0.1, -0.05) is 25.7 Å². The van der Waals surface area contributed by atoms with Gasteiger partial charge in [0.2, 0.25) is 10.0 Å². The van der Waals surface area contributed by atoms with Gasteiger partial charge in [-0.25, -0.2) is 8.42 Å². The standard InChI is InChI=1S/C14H28N2O2S/c1-12(15)14-9-5-6-10-16(14)19(17,18)11-13-7-3-2-4-8-13/h12-14H,2-11,15H2,1H3. The first kappa shape index (κ1) is 15.3. The Morgan fingerprint density at radius 2 is 1.74 bits per heavy atom. The first-order valence-electron chi connectivity index (χ1n) is 7.76. The van der Waals surface area contributed by atoms with Crippen LogP contribution in [0.3, 0.4) is 0 Å². The van der Waals surface area contributed by atoms with Crippen LogP contribution in [0, 0.1) is 5.92 Å². The van der Waals surface area contributed by atoms with Gasteiger partial charge in [0.25, 0.3) is 0 Å². The van der Waals surface area contributed by atoms with Crippen LogP contribution in [0.4, 0.5) is 0 Å². The summed E-state index contributed by atoms with van der Waals surface area (Å²) < 4.78 is 27.0. The van der Waals surface area contributed by atoms with Crippen molar-refractivity contribution in [2.24, 2.45) is 11.7 Å². The van der Waals surface area contributed by atoms with E-state index in [1.165, 1.54) is 19.3 Å². The third kappa shape index (κ3) is 3.92. The summed E-state index contributed by atoms with van der Waals surface area (Å²) in [6, 6.07) is -0.0521. The maximum absolute atomic E-state index is 12.6. The number of nitrogens with two attached hydrogens (primary N) is 1. The minimum absolute atomic E-state index is 0.0161. The molecule has 5 heteroatoms. The van der Waals surface area contributed by atoms with Crippen LogP contribution in [0.15, 0.2) is 0 Å². The Balaban J connectivity index is 2.03. The molecule has 0 radical (unpaired) electrons. The molecule has 0 amide bonds. The lowest BCUT2D eigenvalue weighted by Crippen LogP contribution is -2.52. The Morgan fingerprint density at radius 3 is 2.37 bits per heavy atom. The van der Waals surface area contributed by atoms with E-state index in [0.717, 1.165) is 32.1 Å².